The lowest BCUT2D eigenvalue weighted by Gasteiger charge is -2.38. The smallest absolute Gasteiger partial charge is 0.217 e. The summed E-state index contributed by atoms with van der Waals surface area (Å²) in [6.07, 6.45) is 0. The van der Waals surface area contributed by atoms with Crippen LogP contribution in [0.25, 0.3) is 0 Å². The molecule has 0 fully saturated rings. The van der Waals surface area contributed by atoms with E-state index in [1.165, 1.54) is 0 Å². The Balaban J connectivity index is 5.56. The first-order valence-corrected chi connectivity index (χ1v) is 9.93. The number of nitro groups is 1. The lowest BCUT2D eigenvalue weighted by Crippen LogP contribution is -2.43. The van der Waals surface area contributed by atoms with Gasteiger partial charge >= 0.3 is 0 Å². The Labute approximate surface area is 125 Å². The van der Waals surface area contributed by atoms with Gasteiger partial charge in [0.2, 0.25) is 6.54 Å². The van der Waals surface area contributed by atoms with Gasteiger partial charge in [-0.3, -0.25) is 10.1 Å². The molecule has 0 aromatic carbocycles. The van der Waals surface area contributed by atoms with Crippen LogP contribution < -0.4 is 0 Å². The lowest BCUT2D eigenvalue weighted by atomic mass is 9.97. The quantitative estimate of drug-likeness (QED) is 0.307. The molecule has 0 radical (unpaired) electrons. The summed E-state index contributed by atoms with van der Waals surface area (Å²) in [7, 11) is -1.77. The number of hydrogen-bond acceptors (Lipinski definition) is 2. The molecule has 0 rings (SSSR count). The first kappa shape index (κ1) is 19.2. The van der Waals surface area contributed by atoms with Crippen LogP contribution in [-0.4, -0.2) is 19.5 Å². The van der Waals surface area contributed by atoms with Gasteiger partial charge in [-0.05, 0) is 22.5 Å². The first-order valence-electron chi connectivity index (χ1n) is 7.70. The zero-order valence-corrected chi connectivity index (χ0v) is 15.4. The summed E-state index contributed by atoms with van der Waals surface area (Å²) in [5.74, 6) is 3.40. The molecule has 1 atom stereocenters. The summed E-state index contributed by atoms with van der Waals surface area (Å²) < 4.78 is 0. The van der Waals surface area contributed by atoms with E-state index >= 15 is 0 Å². The molecule has 0 spiro atoms. The van der Waals surface area contributed by atoms with Crippen molar-refractivity contribution in [2.45, 2.75) is 72.0 Å². The maximum absolute atomic E-state index is 10.8. The highest BCUT2D eigenvalue weighted by Crippen LogP contribution is 2.40. The molecule has 3 nitrogen and oxygen atoms in total. The summed E-state index contributed by atoms with van der Waals surface area (Å²) >= 11 is 0. The minimum absolute atomic E-state index is 0.0383. The fourth-order valence-corrected chi connectivity index (χ4v) is 8.54. The fraction of sp³-hybridized carbons (Fsp3) is 0.875. The van der Waals surface area contributed by atoms with Crippen molar-refractivity contribution >= 4 is 8.07 Å². The molecule has 0 amide bonds. The van der Waals surface area contributed by atoms with E-state index in [-0.39, 0.29) is 23.3 Å². The summed E-state index contributed by atoms with van der Waals surface area (Å²) in [6.45, 7) is 17.6. The topological polar surface area (TPSA) is 43.1 Å². The third-order valence-corrected chi connectivity index (χ3v) is 10.8. The summed E-state index contributed by atoms with van der Waals surface area (Å²) in [5, 5.41) is 10.8. The molecule has 0 saturated heterocycles. The van der Waals surface area contributed by atoms with Crippen LogP contribution in [0.4, 0.5) is 0 Å². The second kappa shape index (κ2) is 7.83. The average Bonchev–Trinajstić information content (AvgIpc) is 2.25. The fourth-order valence-electron chi connectivity index (χ4n) is 3.23. The van der Waals surface area contributed by atoms with Crippen molar-refractivity contribution in [3.63, 3.8) is 0 Å². The zero-order valence-electron chi connectivity index (χ0n) is 14.4. The molecule has 0 saturated carbocycles. The van der Waals surface area contributed by atoms with Crippen LogP contribution in [-0.2, 0) is 0 Å². The van der Waals surface area contributed by atoms with E-state index in [0.717, 1.165) is 0 Å². The molecule has 4 heteroatoms. The molecule has 20 heavy (non-hydrogen) atoms. The predicted molar refractivity (Wildman–Crippen MR) is 89.0 cm³/mol. The molecule has 0 aliphatic rings. The highest BCUT2D eigenvalue weighted by molar-refractivity contribution is 6.90. The van der Waals surface area contributed by atoms with Gasteiger partial charge < -0.3 is 0 Å². The summed E-state index contributed by atoms with van der Waals surface area (Å²) in [6, 6.07) is 0. The lowest BCUT2D eigenvalue weighted by molar-refractivity contribution is -0.486. The molecule has 0 aromatic rings. The number of nitrogens with zero attached hydrogens (tertiary/aromatic N) is 1. The molecule has 0 bridgehead atoms. The monoisotopic (exact) mass is 297 g/mol. The Hall–Kier alpha value is -0.823. The van der Waals surface area contributed by atoms with Crippen molar-refractivity contribution in [1.82, 2.24) is 0 Å². The Kier molecular flexibility index (Phi) is 7.50. The highest BCUT2D eigenvalue weighted by Gasteiger charge is 2.41. The van der Waals surface area contributed by atoms with E-state index in [1.807, 2.05) is 13.8 Å². The van der Waals surface area contributed by atoms with Crippen molar-refractivity contribution < 1.29 is 4.92 Å². The standard InChI is InChI=1S/C16H31NO2Si/c1-12(2)16(11-17(18)19)9-10-20(13(3)4,14(5)6)15(7)8/h12-16H,11H2,1-8H3/t16-/m1/s1. The van der Waals surface area contributed by atoms with Crippen LogP contribution in [0, 0.1) is 33.4 Å². The molecule has 0 unspecified atom stereocenters. The maximum atomic E-state index is 10.8. The minimum Gasteiger partial charge on any atom is -0.264 e. The van der Waals surface area contributed by atoms with E-state index in [2.05, 4.69) is 53.0 Å². The number of rotatable bonds is 6. The molecule has 0 aliphatic heterocycles. The van der Waals surface area contributed by atoms with Crippen molar-refractivity contribution in [2.75, 3.05) is 6.54 Å². The molecule has 0 aliphatic carbocycles. The van der Waals surface area contributed by atoms with Gasteiger partial charge in [-0.25, -0.2) is 0 Å². The van der Waals surface area contributed by atoms with Gasteiger partial charge in [0, 0.05) is 4.92 Å². The van der Waals surface area contributed by atoms with E-state index in [9.17, 15) is 10.1 Å². The third-order valence-electron chi connectivity index (χ3n) is 4.49. The van der Waals surface area contributed by atoms with Gasteiger partial charge in [-0.1, -0.05) is 61.3 Å². The van der Waals surface area contributed by atoms with Crippen molar-refractivity contribution in [3.8, 4) is 11.5 Å². The molecule has 116 valence electrons. The van der Waals surface area contributed by atoms with Gasteiger partial charge in [0.1, 0.15) is 8.07 Å². The summed E-state index contributed by atoms with van der Waals surface area (Å²) in [5.41, 5.74) is 5.31. The minimum atomic E-state index is -1.77. The van der Waals surface area contributed by atoms with Crippen LogP contribution in [0.1, 0.15) is 55.4 Å². The van der Waals surface area contributed by atoms with Crippen molar-refractivity contribution in [2.24, 2.45) is 11.8 Å². The van der Waals surface area contributed by atoms with Gasteiger partial charge in [0.05, 0.1) is 5.92 Å². The van der Waals surface area contributed by atoms with E-state index < -0.39 is 8.07 Å². The van der Waals surface area contributed by atoms with Crippen LogP contribution in [0.2, 0.25) is 16.6 Å². The van der Waals surface area contributed by atoms with Crippen molar-refractivity contribution in [3.05, 3.63) is 10.1 Å². The zero-order chi connectivity index (χ0) is 16.1. The highest BCUT2D eigenvalue weighted by atomic mass is 28.3. The van der Waals surface area contributed by atoms with Crippen molar-refractivity contribution in [1.29, 1.82) is 0 Å². The second-order valence-electron chi connectivity index (χ2n) is 7.03. The molecular weight excluding hydrogens is 266 g/mol. The second-order valence-corrected chi connectivity index (χ2v) is 12.6. The van der Waals surface area contributed by atoms with E-state index in [0.29, 0.717) is 16.6 Å². The maximum Gasteiger partial charge on any atom is 0.217 e. The predicted octanol–water partition coefficient (Wildman–Crippen LogP) is 4.76. The van der Waals surface area contributed by atoms with Gasteiger partial charge in [0.15, 0.2) is 0 Å². The Morgan fingerprint density at radius 3 is 1.60 bits per heavy atom. The molecule has 0 N–H and O–H groups in total. The van der Waals surface area contributed by atoms with E-state index in [1.54, 1.807) is 0 Å². The first-order chi connectivity index (χ1) is 9.05. The largest absolute Gasteiger partial charge is 0.264 e. The third kappa shape index (κ3) is 4.62. The van der Waals surface area contributed by atoms with Gasteiger partial charge in [-0.2, -0.15) is 0 Å². The van der Waals surface area contributed by atoms with Crippen LogP contribution >= 0.6 is 0 Å². The number of hydrogen-bond donors (Lipinski definition) is 0. The molecular formula is C16H31NO2Si. The molecule has 0 aromatic heterocycles. The Bertz CT molecular complexity index is 356. The summed E-state index contributed by atoms with van der Waals surface area (Å²) in [4.78, 5) is 10.6. The van der Waals surface area contributed by atoms with Crippen LogP contribution in [0.5, 0.6) is 0 Å². The Morgan fingerprint density at radius 1 is 0.950 bits per heavy atom. The molecule has 0 heterocycles. The average molecular weight is 298 g/mol. The van der Waals surface area contributed by atoms with Gasteiger partial charge in [-0.15, -0.1) is 5.54 Å². The van der Waals surface area contributed by atoms with Gasteiger partial charge in [0.25, 0.3) is 0 Å². The van der Waals surface area contributed by atoms with Crippen LogP contribution in [0.15, 0.2) is 0 Å². The normalized spacial score (nSPS) is 13.8. The SMILES string of the molecule is CC(C)[C@H](C#C[Si](C(C)C)(C(C)C)C(C)C)C[N+](=O)[O-]. The Morgan fingerprint density at radius 2 is 1.35 bits per heavy atom. The van der Waals surface area contributed by atoms with Crippen LogP contribution in [0.3, 0.4) is 0 Å². The van der Waals surface area contributed by atoms with E-state index in [4.69, 9.17) is 0 Å².